The fourth-order valence-electron chi connectivity index (χ4n) is 1.48. The van der Waals surface area contributed by atoms with Gasteiger partial charge in [0, 0.05) is 5.56 Å². The molecule has 1 N–H and O–H groups in total. The van der Waals surface area contributed by atoms with Crippen molar-refractivity contribution in [1.29, 1.82) is 0 Å². The maximum Gasteiger partial charge on any atom is 0.271 e. The zero-order valence-electron chi connectivity index (χ0n) is 8.11. The van der Waals surface area contributed by atoms with E-state index in [9.17, 15) is 0 Å². The fourth-order valence-corrected chi connectivity index (χ4v) is 1.48. The first-order valence-corrected chi connectivity index (χ1v) is 4.54. The molecule has 1 aromatic carbocycles. The standard InChI is InChI=1S/C10H12O4/c1-6(2)5-7-3-4-8(12-11)10-9(7)13-14-10/h3-4,6,11H,5H2,1-2H3. The molecule has 0 aliphatic heterocycles. The zero-order valence-corrected chi connectivity index (χ0v) is 8.11. The van der Waals surface area contributed by atoms with Gasteiger partial charge in [-0.05, 0) is 18.4 Å². The molecule has 0 radical (unpaired) electrons. The minimum Gasteiger partial charge on any atom is -0.336 e. The van der Waals surface area contributed by atoms with Crippen LogP contribution < -0.4 is 4.89 Å². The molecule has 0 amide bonds. The van der Waals surface area contributed by atoms with Gasteiger partial charge in [0.25, 0.3) is 5.58 Å². The van der Waals surface area contributed by atoms with Gasteiger partial charge < -0.3 is 4.89 Å². The summed E-state index contributed by atoms with van der Waals surface area (Å²) < 4.78 is 9.60. The second kappa shape index (κ2) is 3.38. The molecule has 1 heterocycles. The lowest BCUT2D eigenvalue weighted by Gasteiger charge is -2.09. The third-order valence-corrected chi connectivity index (χ3v) is 2.09. The maximum absolute atomic E-state index is 8.51. The van der Waals surface area contributed by atoms with Crippen molar-refractivity contribution in [2.75, 3.05) is 0 Å². The molecule has 0 aliphatic rings. The summed E-state index contributed by atoms with van der Waals surface area (Å²) in [6, 6.07) is 3.53. The van der Waals surface area contributed by atoms with E-state index in [-0.39, 0.29) is 0 Å². The van der Waals surface area contributed by atoms with Gasteiger partial charge in [-0.1, -0.05) is 19.9 Å². The number of rotatable bonds is 3. The Hall–Kier alpha value is -1.42. The first kappa shape index (κ1) is 9.15. The quantitative estimate of drug-likeness (QED) is 0.605. The van der Waals surface area contributed by atoms with E-state index < -0.39 is 0 Å². The van der Waals surface area contributed by atoms with E-state index in [0.717, 1.165) is 12.0 Å². The average Bonchev–Trinajstić information content (AvgIpc) is 2.06. The smallest absolute Gasteiger partial charge is 0.271 e. The lowest BCUT2D eigenvalue weighted by Crippen LogP contribution is -1.97. The van der Waals surface area contributed by atoms with E-state index in [0.29, 0.717) is 22.8 Å². The molecule has 2 rings (SSSR count). The molecular weight excluding hydrogens is 184 g/mol. The van der Waals surface area contributed by atoms with Crippen LogP contribution in [0.15, 0.2) is 21.3 Å². The average molecular weight is 196 g/mol. The molecule has 14 heavy (non-hydrogen) atoms. The molecule has 4 heteroatoms. The van der Waals surface area contributed by atoms with Gasteiger partial charge in [-0.15, -0.1) is 0 Å². The van der Waals surface area contributed by atoms with Crippen LogP contribution in [-0.2, 0) is 6.42 Å². The van der Waals surface area contributed by atoms with Crippen molar-refractivity contribution in [2.45, 2.75) is 20.3 Å². The Morgan fingerprint density at radius 2 is 2.00 bits per heavy atom. The van der Waals surface area contributed by atoms with Crippen LogP contribution in [0.5, 0.6) is 5.75 Å². The van der Waals surface area contributed by atoms with Crippen LogP contribution >= 0.6 is 0 Å². The topological polar surface area (TPSA) is 55.7 Å². The van der Waals surface area contributed by atoms with E-state index in [1.54, 1.807) is 6.07 Å². The van der Waals surface area contributed by atoms with Gasteiger partial charge >= 0.3 is 0 Å². The molecule has 0 fully saturated rings. The summed E-state index contributed by atoms with van der Waals surface area (Å²) in [4.78, 5) is 4.13. The van der Waals surface area contributed by atoms with Crippen LogP contribution in [0.3, 0.4) is 0 Å². The van der Waals surface area contributed by atoms with Crippen LogP contribution in [0.25, 0.3) is 11.2 Å². The summed E-state index contributed by atoms with van der Waals surface area (Å²) in [7, 11) is 0. The highest BCUT2D eigenvalue weighted by molar-refractivity contribution is 5.81. The van der Waals surface area contributed by atoms with Crippen molar-refractivity contribution in [3.63, 3.8) is 0 Å². The Morgan fingerprint density at radius 3 is 2.50 bits per heavy atom. The highest BCUT2D eigenvalue weighted by Gasteiger charge is 2.17. The summed E-state index contributed by atoms with van der Waals surface area (Å²) in [6.45, 7) is 4.25. The normalized spacial score (nSPS) is 11.4. The van der Waals surface area contributed by atoms with Gasteiger partial charge in [-0.25, -0.2) is 5.26 Å². The van der Waals surface area contributed by atoms with Crippen molar-refractivity contribution in [3.05, 3.63) is 17.7 Å². The van der Waals surface area contributed by atoms with Crippen molar-refractivity contribution < 1.29 is 19.3 Å². The molecule has 0 saturated heterocycles. The lowest BCUT2D eigenvalue weighted by molar-refractivity contribution is -0.138. The molecule has 4 nitrogen and oxygen atoms in total. The predicted molar refractivity (Wildman–Crippen MR) is 50.3 cm³/mol. The van der Waals surface area contributed by atoms with Crippen LogP contribution in [-0.4, -0.2) is 5.26 Å². The Bertz CT molecular complexity index is 424. The van der Waals surface area contributed by atoms with Crippen molar-refractivity contribution in [3.8, 4) is 5.75 Å². The van der Waals surface area contributed by atoms with Crippen LogP contribution in [0.1, 0.15) is 19.4 Å². The fraction of sp³-hybridized carbons (Fsp3) is 0.400. The molecule has 0 saturated carbocycles. The Balaban J connectivity index is 2.40. The summed E-state index contributed by atoms with van der Waals surface area (Å²) in [5, 5.41) is 8.51. The van der Waals surface area contributed by atoms with E-state index in [4.69, 9.17) is 14.4 Å². The van der Waals surface area contributed by atoms with Crippen LogP contribution in [0.2, 0.25) is 0 Å². The molecule has 0 atom stereocenters. The van der Waals surface area contributed by atoms with Gasteiger partial charge in [0.1, 0.15) is 0 Å². The molecule has 2 aromatic rings. The lowest BCUT2D eigenvalue weighted by atomic mass is 10.0. The molecule has 0 bridgehead atoms. The molecule has 0 unspecified atom stereocenters. The van der Waals surface area contributed by atoms with Crippen molar-refractivity contribution in [1.82, 2.24) is 0 Å². The summed E-state index contributed by atoms with van der Waals surface area (Å²) >= 11 is 0. The zero-order chi connectivity index (χ0) is 10.1. The van der Waals surface area contributed by atoms with Crippen molar-refractivity contribution in [2.24, 2.45) is 5.92 Å². The highest BCUT2D eigenvalue weighted by Crippen LogP contribution is 2.32. The highest BCUT2D eigenvalue weighted by atomic mass is 17.1. The minimum absolute atomic E-state index is 0.291. The Labute approximate surface area is 80.9 Å². The van der Waals surface area contributed by atoms with Crippen LogP contribution in [0, 0.1) is 5.92 Å². The second-order valence-corrected chi connectivity index (χ2v) is 3.74. The molecule has 0 spiro atoms. The Morgan fingerprint density at radius 1 is 1.29 bits per heavy atom. The summed E-state index contributed by atoms with van der Waals surface area (Å²) in [6.07, 6.45) is 0.914. The van der Waals surface area contributed by atoms with Gasteiger partial charge in [0.2, 0.25) is 11.3 Å². The summed E-state index contributed by atoms with van der Waals surface area (Å²) in [5.41, 5.74) is 2.22. The monoisotopic (exact) mass is 196 g/mol. The molecular formula is C10H12O4. The number of benzene rings is 1. The van der Waals surface area contributed by atoms with Gasteiger partial charge in [-0.3, -0.25) is 9.15 Å². The largest absolute Gasteiger partial charge is 0.336 e. The first-order valence-electron chi connectivity index (χ1n) is 4.54. The third-order valence-electron chi connectivity index (χ3n) is 2.09. The van der Waals surface area contributed by atoms with E-state index in [2.05, 4.69) is 18.7 Å². The van der Waals surface area contributed by atoms with Gasteiger partial charge in [-0.2, -0.15) is 0 Å². The second-order valence-electron chi connectivity index (χ2n) is 3.74. The first-order chi connectivity index (χ1) is 6.72. The SMILES string of the molecule is CC(C)Cc1ccc(OO)c2ooc12. The summed E-state index contributed by atoms with van der Waals surface area (Å²) in [5.74, 6) is 0.836. The third kappa shape index (κ3) is 1.37. The molecule has 1 aromatic heterocycles. The van der Waals surface area contributed by atoms with E-state index >= 15 is 0 Å². The number of fused-ring (bicyclic) bond motifs is 1. The van der Waals surface area contributed by atoms with Crippen molar-refractivity contribution >= 4 is 11.2 Å². The Kier molecular flexibility index (Phi) is 2.21. The van der Waals surface area contributed by atoms with Crippen LogP contribution in [0.4, 0.5) is 0 Å². The number of hydrogen-bond acceptors (Lipinski definition) is 4. The number of hydrogen-bond donors (Lipinski definition) is 1. The van der Waals surface area contributed by atoms with Gasteiger partial charge in [0.15, 0.2) is 0 Å². The molecule has 76 valence electrons. The maximum atomic E-state index is 8.51. The van der Waals surface area contributed by atoms with E-state index in [1.165, 1.54) is 0 Å². The minimum atomic E-state index is 0.291. The van der Waals surface area contributed by atoms with E-state index in [1.807, 2.05) is 6.07 Å². The van der Waals surface area contributed by atoms with Gasteiger partial charge in [0.05, 0.1) is 0 Å². The predicted octanol–water partition coefficient (Wildman–Crippen LogP) is 3.08. The molecule has 0 aliphatic carbocycles.